The number of phenols is 1. The zero-order chi connectivity index (χ0) is 16.0. The largest absolute Gasteiger partial charge is 0.508 e. The standard InChI is InChI=1S/C9H10O3.C4H6O2.C2H4/c1-2-12-9(11)7-3-5-8(10)6-4-7;1-3-6-4(2)5;1-2/h3-6,10H,2H2,1H3;3H,1H2,2H3;1-2H2. The van der Waals surface area contributed by atoms with Crippen molar-refractivity contribution in [3.63, 3.8) is 0 Å². The maximum atomic E-state index is 11.1. The van der Waals surface area contributed by atoms with Gasteiger partial charge in [0.25, 0.3) is 0 Å². The van der Waals surface area contributed by atoms with Crippen LogP contribution in [0.25, 0.3) is 0 Å². The smallest absolute Gasteiger partial charge is 0.338 e. The number of esters is 2. The minimum atomic E-state index is -0.363. The highest BCUT2D eigenvalue weighted by molar-refractivity contribution is 5.89. The van der Waals surface area contributed by atoms with Crippen molar-refractivity contribution in [3.8, 4) is 5.75 Å². The number of rotatable bonds is 3. The van der Waals surface area contributed by atoms with Crippen molar-refractivity contribution in [1.82, 2.24) is 0 Å². The van der Waals surface area contributed by atoms with Crippen LogP contribution in [0.15, 0.2) is 50.3 Å². The zero-order valence-electron chi connectivity index (χ0n) is 11.8. The molecule has 110 valence electrons. The van der Waals surface area contributed by atoms with Crippen LogP contribution in [0.1, 0.15) is 24.2 Å². The summed E-state index contributed by atoms with van der Waals surface area (Å²) in [5.74, 6) is -0.550. The molecule has 5 heteroatoms. The van der Waals surface area contributed by atoms with Gasteiger partial charge in [0.05, 0.1) is 18.4 Å². The summed E-state index contributed by atoms with van der Waals surface area (Å²) in [7, 11) is 0. The van der Waals surface area contributed by atoms with Crippen LogP contribution in [0.4, 0.5) is 0 Å². The molecular weight excluding hydrogens is 260 g/mol. The highest BCUT2D eigenvalue weighted by atomic mass is 16.5. The number of benzene rings is 1. The number of hydrogen-bond acceptors (Lipinski definition) is 5. The third-order valence-electron chi connectivity index (χ3n) is 1.63. The molecule has 0 aliphatic heterocycles. The van der Waals surface area contributed by atoms with Gasteiger partial charge in [-0.25, -0.2) is 4.79 Å². The second kappa shape index (κ2) is 12.9. The van der Waals surface area contributed by atoms with Crippen LogP contribution >= 0.6 is 0 Å². The molecule has 0 bridgehead atoms. The first-order valence-electron chi connectivity index (χ1n) is 5.75. The van der Waals surface area contributed by atoms with E-state index in [0.29, 0.717) is 12.2 Å². The van der Waals surface area contributed by atoms with E-state index in [4.69, 9.17) is 9.84 Å². The van der Waals surface area contributed by atoms with Crippen molar-refractivity contribution in [2.75, 3.05) is 6.61 Å². The maximum absolute atomic E-state index is 11.1. The molecule has 0 heterocycles. The predicted octanol–water partition coefficient (Wildman–Crippen LogP) is 3.06. The van der Waals surface area contributed by atoms with Gasteiger partial charge in [0, 0.05) is 6.92 Å². The molecule has 1 aromatic rings. The topological polar surface area (TPSA) is 72.8 Å². The number of carbonyl (C=O) groups is 2. The summed E-state index contributed by atoms with van der Waals surface area (Å²) in [5.41, 5.74) is 0.453. The Morgan fingerprint density at radius 1 is 1.25 bits per heavy atom. The molecule has 0 aliphatic rings. The molecule has 0 radical (unpaired) electrons. The molecule has 0 atom stereocenters. The van der Waals surface area contributed by atoms with E-state index in [1.807, 2.05) is 0 Å². The molecule has 0 amide bonds. The van der Waals surface area contributed by atoms with E-state index in [1.165, 1.54) is 31.2 Å². The summed E-state index contributed by atoms with van der Waals surface area (Å²) in [4.78, 5) is 20.8. The normalized spacial score (nSPS) is 7.90. The number of carbonyl (C=O) groups excluding carboxylic acids is 2. The molecule has 0 unspecified atom stereocenters. The van der Waals surface area contributed by atoms with E-state index in [9.17, 15) is 9.59 Å². The summed E-state index contributed by atoms with van der Waals surface area (Å²) in [5, 5.41) is 8.92. The van der Waals surface area contributed by atoms with Crippen LogP contribution in [0.2, 0.25) is 0 Å². The molecule has 0 saturated carbocycles. The molecule has 1 N–H and O–H groups in total. The second-order valence-corrected chi connectivity index (χ2v) is 3.04. The highest BCUT2D eigenvalue weighted by Gasteiger charge is 2.04. The number of hydrogen-bond donors (Lipinski definition) is 1. The van der Waals surface area contributed by atoms with E-state index in [2.05, 4.69) is 24.5 Å². The number of phenolic OH excluding ortho intramolecular Hbond substituents is 1. The fourth-order valence-electron chi connectivity index (χ4n) is 0.929. The van der Waals surface area contributed by atoms with Crippen molar-refractivity contribution in [2.24, 2.45) is 0 Å². The van der Waals surface area contributed by atoms with E-state index in [0.717, 1.165) is 6.26 Å². The fourth-order valence-corrected chi connectivity index (χ4v) is 0.929. The van der Waals surface area contributed by atoms with E-state index in [1.54, 1.807) is 6.92 Å². The Morgan fingerprint density at radius 2 is 1.75 bits per heavy atom. The minimum absolute atomic E-state index is 0.142. The van der Waals surface area contributed by atoms with Crippen LogP contribution < -0.4 is 0 Å². The molecule has 0 spiro atoms. The van der Waals surface area contributed by atoms with Gasteiger partial charge in [-0.3, -0.25) is 4.79 Å². The Labute approximate surface area is 119 Å². The average Bonchev–Trinajstić information content (AvgIpc) is 2.42. The van der Waals surface area contributed by atoms with Crippen LogP contribution in [-0.4, -0.2) is 23.7 Å². The fraction of sp³-hybridized carbons (Fsp3) is 0.200. The third kappa shape index (κ3) is 10.6. The monoisotopic (exact) mass is 280 g/mol. The van der Waals surface area contributed by atoms with Gasteiger partial charge in [0.15, 0.2) is 0 Å². The number of aromatic hydroxyl groups is 1. The Hall–Kier alpha value is -2.56. The summed E-state index contributed by atoms with van der Waals surface area (Å²) in [6.45, 7) is 12.6. The van der Waals surface area contributed by atoms with E-state index in [-0.39, 0.29) is 17.7 Å². The Balaban J connectivity index is 0. The Bertz CT molecular complexity index is 409. The summed E-state index contributed by atoms with van der Waals surface area (Å²) >= 11 is 0. The van der Waals surface area contributed by atoms with Crippen LogP contribution in [0, 0.1) is 0 Å². The lowest BCUT2D eigenvalue weighted by Crippen LogP contribution is -2.03. The minimum Gasteiger partial charge on any atom is -0.508 e. The van der Waals surface area contributed by atoms with Gasteiger partial charge in [0.1, 0.15) is 5.75 Å². The van der Waals surface area contributed by atoms with Crippen molar-refractivity contribution in [2.45, 2.75) is 13.8 Å². The molecule has 1 aromatic carbocycles. The van der Waals surface area contributed by atoms with Crippen molar-refractivity contribution < 1.29 is 24.2 Å². The van der Waals surface area contributed by atoms with Crippen molar-refractivity contribution in [3.05, 3.63) is 55.8 Å². The van der Waals surface area contributed by atoms with Gasteiger partial charge in [-0.15, -0.1) is 13.2 Å². The first kappa shape index (κ1) is 19.8. The van der Waals surface area contributed by atoms with Crippen LogP contribution in [0.3, 0.4) is 0 Å². The van der Waals surface area contributed by atoms with Crippen molar-refractivity contribution >= 4 is 11.9 Å². The molecule has 0 aliphatic carbocycles. The number of ether oxygens (including phenoxy) is 2. The summed E-state index contributed by atoms with van der Waals surface area (Å²) in [6.07, 6.45) is 1.10. The van der Waals surface area contributed by atoms with Gasteiger partial charge in [0.2, 0.25) is 0 Å². The highest BCUT2D eigenvalue weighted by Crippen LogP contribution is 2.10. The molecule has 20 heavy (non-hydrogen) atoms. The third-order valence-corrected chi connectivity index (χ3v) is 1.63. The predicted molar refractivity (Wildman–Crippen MR) is 77.3 cm³/mol. The zero-order valence-corrected chi connectivity index (χ0v) is 11.8. The van der Waals surface area contributed by atoms with Gasteiger partial charge in [-0.05, 0) is 31.2 Å². The van der Waals surface area contributed by atoms with Crippen LogP contribution in [-0.2, 0) is 14.3 Å². The lowest BCUT2D eigenvalue weighted by Gasteiger charge is -2.00. The van der Waals surface area contributed by atoms with Gasteiger partial charge in [-0.2, -0.15) is 0 Å². The molecule has 5 nitrogen and oxygen atoms in total. The first-order valence-corrected chi connectivity index (χ1v) is 5.75. The first-order chi connectivity index (χ1) is 9.51. The molecule has 0 fully saturated rings. The van der Waals surface area contributed by atoms with Crippen LogP contribution in [0.5, 0.6) is 5.75 Å². The quantitative estimate of drug-likeness (QED) is 0.523. The second-order valence-electron chi connectivity index (χ2n) is 3.04. The molecule has 1 rings (SSSR count). The summed E-state index contributed by atoms with van der Waals surface area (Å²) < 4.78 is 8.91. The van der Waals surface area contributed by atoms with Crippen molar-refractivity contribution in [1.29, 1.82) is 0 Å². The van der Waals surface area contributed by atoms with Gasteiger partial charge >= 0.3 is 11.9 Å². The SMILES string of the molecule is C=C.C=COC(C)=O.CCOC(=O)c1ccc(O)cc1. The average molecular weight is 280 g/mol. The lowest BCUT2D eigenvalue weighted by molar-refractivity contribution is -0.135. The van der Waals surface area contributed by atoms with Gasteiger partial charge in [-0.1, -0.05) is 6.58 Å². The molecule has 0 saturated heterocycles. The lowest BCUT2D eigenvalue weighted by atomic mass is 10.2. The Morgan fingerprint density at radius 3 is 2.05 bits per heavy atom. The Kier molecular flexibility index (Phi) is 12.7. The van der Waals surface area contributed by atoms with E-state index >= 15 is 0 Å². The maximum Gasteiger partial charge on any atom is 0.338 e. The molecule has 0 aromatic heterocycles. The van der Waals surface area contributed by atoms with Gasteiger partial charge < -0.3 is 14.6 Å². The van der Waals surface area contributed by atoms with E-state index < -0.39 is 0 Å². The molecular formula is C15H20O5. The summed E-state index contributed by atoms with van der Waals surface area (Å²) in [6, 6.07) is 5.94.